The quantitative estimate of drug-likeness (QED) is 0.784. The highest BCUT2D eigenvalue weighted by Crippen LogP contribution is 2.15. The van der Waals surface area contributed by atoms with Gasteiger partial charge in [-0.1, -0.05) is 5.16 Å². The molecular formula is C11H14N4O2. The molecule has 0 aliphatic heterocycles. The maximum absolute atomic E-state index is 5.55. The molecule has 6 nitrogen and oxygen atoms in total. The lowest BCUT2D eigenvalue weighted by molar-refractivity contribution is 0.149. The molecule has 17 heavy (non-hydrogen) atoms. The van der Waals surface area contributed by atoms with Crippen LogP contribution in [0.1, 0.15) is 12.7 Å². The Labute approximate surface area is 98.8 Å². The number of nitrogen functional groups attached to an aromatic ring is 1. The zero-order chi connectivity index (χ0) is 12.1. The topological polar surface area (TPSA) is 87.1 Å². The lowest BCUT2D eigenvalue weighted by Crippen LogP contribution is -1.99. The molecule has 0 spiro atoms. The van der Waals surface area contributed by atoms with Crippen LogP contribution in [-0.4, -0.2) is 28.3 Å². The Morgan fingerprint density at radius 2 is 2.29 bits per heavy atom. The van der Waals surface area contributed by atoms with E-state index in [1.165, 1.54) is 0 Å². The van der Waals surface area contributed by atoms with Crippen LogP contribution in [0.3, 0.4) is 0 Å². The van der Waals surface area contributed by atoms with Gasteiger partial charge in [0.05, 0.1) is 18.5 Å². The van der Waals surface area contributed by atoms with E-state index >= 15 is 0 Å². The van der Waals surface area contributed by atoms with Crippen LogP contribution >= 0.6 is 0 Å². The number of nitrogens with two attached hydrogens (primary N) is 1. The molecule has 0 atom stereocenters. The summed E-state index contributed by atoms with van der Waals surface area (Å²) in [4.78, 5) is 8.33. The van der Waals surface area contributed by atoms with Gasteiger partial charge in [-0.2, -0.15) is 4.98 Å². The monoisotopic (exact) mass is 234 g/mol. The molecule has 0 bridgehead atoms. The summed E-state index contributed by atoms with van der Waals surface area (Å²) in [7, 11) is 0. The van der Waals surface area contributed by atoms with Crippen molar-refractivity contribution in [3.63, 3.8) is 0 Å². The summed E-state index contributed by atoms with van der Waals surface area (Å²) >= 11 is 0. The summed E-state index contributed by atoms with van der Waals surface area (Å²) in [5, 5.41) is 3.85. The minimum absolute atomic E-state index is 0.400. The fourth-order valence-electron chi connectivity index (χ4n) is 1.30. The molecule has 0 aliphatic rings. The molecule has 0 unspecified atom stereocenters. The first kappa shape index (κ1) is 11.5. The molecule has 2 aromatic heterocycles. The molecule has 0 saturated heterocycles. The predicted octanol–water partition coefficient (Wildman–Crippen LogP) is 1.29. The number of hydrogen-bond acceptors (Lipinski definition) is 6. The molecule has 90 valence electrons. The number of aromatic nitrogens is 3. The molecule has 0 radical (unpaired) electrons. The van der Waals surface area contributed by atoms with Gasteiger partial charge in [0, 0.05) is 13.0 Å². The van der Waals surface area contributed by atoms with Gasteiger partial charge in [-0.3, -0.25) is 0 Å². The van der Waals surface area contributed by atoms with Crippen LogP contribution in [0.4, 0.5) is 5.69 Å². The Bertz CT molecular complexity index is 467. The second-order valence-electron chi connectivity index (χ2n) is 3.44. The van der Waals surface area contributed by atoms with Gasteiger partial charge in [0.1, 0.15) is 5.69 Å². The van der Waals surface area contributed by atoms with E-state index in [0.29, 0.717) is 42.7 Å². The van der Waals surface area contributed by atoms with Crippen molar-refractivity contribution in [2.75, 3.05) is 18.9 Å². The average Bonchev–Trinajstić information content (AvgIpc) is 2.79. The zero-order valence-electron chi connectivity index (χ0n) is 9.59. The van der Waals surface area contributed by atoms with Gasteiger partial charge in [-0.25, -0.2) is 4.98 Å². The van der Waals surface area contributed by atoms with E-state index in [9.17, 15) is 0 Å². The van der Waals surface area contributed by atoms with Crippen molar-refractivity contribution in [3.8, 4) is 11.6 Å². The minimum atomic E-state index is 0.400. The molecular weight excluding hydrogens is 220 g/mol. The average molecular weight is 234 g/mol. The highest BCUT2D eigenvalue weighted by molar-refractivity contribution is 5.50. The van der Waals surface area contributed by atoms with Crippen molar-refractivity contribution in [2.45, 2.75) is 13.3 Å². The maximum Gasteiger partial charge on any atom is 0.276 e. The number of ether oxygens (including phenoxy) is 1. The van der Waals surface area contributed by atoms with Crippen molar-refractivity contribution >= 4 is 5.69 Å². The van der Waals surface area contributed by atoms with E-state index in [1.54, 1.807) is 18.3 Å². The number of pyridine rings is 1. The van der Waals surface area contributed by atoms with Gasteiger partial charge in [0.15, 0.2) is 5.82 Å². The van der Waals surface area contributed by atoms with Crippen molar-refractivity contribution in [1.29, 1.82) is 0 Å². The Morgan fingerprint density at radius 1 is 1.41 bits per heavy atom. The van der Waals surface area contributed by atoms with Crippen LogP contribution in [-0.2, 0) is 11.2 Å². The molecule has 2 aromatic rings. The van der Waals surface area contributed by atoms with Gasteiger partial charge >= 0.3 is 0 Å². The Morgan fingerprint density at radius 3 is 3.00 bits per heavy atom. The summed E-state index contributed by atoms with van der Waals surface area (Å²) in [5.41, 5.74) is 6.77. The van der Waals surface area contributed by atoms with Gasteiger partial charge in [-0.15, -0.1) is 0 Å². The largest absolute Gasteiger partial charge is 0.397 e. The Hall–Kier alpha value is -1.95. The van der Waals surface area contributed by atoms with E-state index in [-0.39, 0.29) is 0 Å². The molecule has 0 aliphatic carbocycles. The minimum Gasteiger partial charge on any atom is -0.397 e. The van der Waals surface area contributed by atoms with Crippen LogP contribution in [0.15, 0.2) is 22.9 Å². The summed E-state index contributed by atoms with van der Waals surface area (Å²) in [5.74, 6) is 1.02. The lowest BCUT2D eigenvalue weighted by Gasteiger charge is -1.95. The molecule has 0 amide bonds. The fourth-order valence-corrected chi connectivity index (χ4v) is 1.30. The molecule has 2 N–H and O–H groups in total. The van der Waals surface area contributed by atoms with Crippen LogP contribution < -0.4 is 5.73 Å². The summed E-state index contributed by atoms with van der Waals surface area (Å²) in [6, 6.07) is 3.49. The number of nitrogens with zero attached hydrogens (tertiary/aromatic N) is 3. The van der Waals surface area contributed by atoms with E-state index in [1.807, 2.05) is 6.92 Å². The van der Waals surface area contributed by atoms with Gasteiger partial charge in [-0.05, 0) is 19.1 Å². The number of rotatable bonds is 5. The third-order valence-electron chi connectivity index (χ3n) is 2.15. The first-order valence-electron chi connectivity index (χ1n) is 5.42. The van der Waals surface area contributed by atoms with Crippen LogP contribution in [0.2, 0.25) is 0 Å². The lowest BCUT2D eigenvalue weighted by atomic mass is 10.3. The molecule has 0 fully saturated rings. The van der Waals surface area contributed by atoms with Gasteiger partial charge in [0.25, 0.3) is 5.89 Å². The van der Waals surface area contributed by atoms with Gasteiger partial charge in [0.2, 0.25) is 0 Å². The number of anilines is 1. The second kappa shape index (κ2) is 5.40. The third-order valence-corrected chi connectivity index (χ3v) is 2.15. The molecule has 0 saturated carbocycles. The van der Waals surface area contributed by atoms with E-state index < -0.39 is 0 Å². The Kier molecular flexibility index (Phi) is 3.66. The highest BCUT2D eigenvalue weighted by atomic mass is 16.5. The fraction of sp³-hybridized carbons (Fsp3) is 0.364. The van der Waals surface area contributed by atoms with Gasteiger partial charge < -0.3 is 15.0 Å². The SMILES string of the molecule is CCOCCc1noc(-c2ccc(N)cn2)n1. The van der Waals surface area contributed by atoms with Crippen LogP contribution in [0.5, 0.6) is 0 Å². The van der Waals surface area contributed by atoms with Crippen molar-refractivity contribution < 1.29 is 9.26 Å². The summed E-state index contributed by atoms with van der Waals surface area (Å²) in [6.07, 6.45) is 2.19. The van der Waals surface area contributed by atoms with E-state index in [0.717, 1.165) is 0 Å². The first-order valence-corrected chi connectivity index (χ1v) is 5.42. The first-order chi connectivity index (χ1) is 8.29. The molecule has 0 aromatic carbocycles. The maximum atomic E-state index is 5.55. The van der Waals surface area contributed by atoms with Crippen molar-refractivity contribution in [1.82, 2.24) is 15.1 Å². The smallest absolute Gasteiger partial charge is 0.276 e. The third kappa shape index (κ3) is 3.01. The van der Waals surface area contributed by atoms with Crippen molar-refractivity contribution in [3.05, 3.63) is 24.2 Å². The Balaban J connectivity index is 2.04. The highest BCUT2D eigenvalue weighted by Gasteiger charge is 2.09. The standard InChI is InChI=1S/C11H14N4O2/c1-2-16-6-5-10-14-11(17-15-10)9-4-3-8(12)7-13-9/h3-4,7H,2,5-6,12H2,1H3. The normalized spacial score (nSPS) is 10.6. The summed E-state index contributed by atoms with van der Waals surface area (Å²) < 4.78 is 10.3. The number of hydrogen-bond donors (Lipinski definition) is 1. The molecule has 2 rings (SSSR count). The second-order valence-corrected chi connectivity index (χ2v) is 3.44. The van der Waals surface area contributed by atoms with Crippen LogP contribution in [0.25, 0.3) is 11.6 Å². The molecule has 2 heterocycles. The van der Waals surface area contributed by atoms with E-state index in [4.69, 9.17) is 15.0 Å². The van der Waals surface area contributed by atoms with E-state index in [2.05, 4.69) is 15.1 Å². The van der Waals surface area contributed by atoms with Crippen LogP contribution in [0, 0.1) is 0 Å². The predicted molar refractivity (Wildman–Crippen MR) is 62.1 cm³/mol. The van der Waals surface area contributed by atoms with Crippen molar-refractivity contribution in [2.24, 2.45) is 0 Å². The molecule has 6 heteroatoms. The summed E-state index contributed by atoms with van der Waals surface area (Å²) in [6.45, 7) is 3.22. The zero-order valence-corrected chi connectivity index (χ0v) is 9.59.